The lowest BCUT2D eigenvalue weighted by Gasteiger charge is -2.25. The number of amides is 1. The maximum absolute atomic E-state index is 13.0. The van der Waals surface area contributed by atoms with Crippen LogP contribution in [0, 0.1) is 19.8 Å². The first-order chi connectivity index (χ1) is 11.9. The van der Waals surface area contributed by atoms with E-state index in [9.17, 15) is 4.79 Å². The Kier molecular flexibility index (Phi) is 4.92. The average molecular weight is 346 g/mol. The van der Waals surface area contributed by atoms with Crippen molar-refractivity contribution in [3.63, 3.8) is 0 Å². The van der Waals surface area contributed by atoms with Crippen molar-refractivity contribution in [3.05, 3.63) is 28.7 Å². The average Bonchev–Trinajstić information content (AvgIpc) is 3.29. The zero-order valence-electron chi connectivity index (χ0n) is 15.6. The van der Waals surface area contributed by atoms with Crippen LogP contribution in [0.3, 0.4) is 0 Å². The smallest absolute Gasteiger partial charge is 0.229 e. The molecule has 0 N–H and O–H groups in total. The molecular formula is C18H26N4O3. The van der Waals surface area contributed by atoms with Crippen molar-refractivity contribution < 1.29 is 13.8 Å². The Morgan fingerprint density at radius 3 is 2.60 bits per heavy atom. The van der Waals surface area contributed by atoms with Gasteiger partial charge < -0.3 is 13.9 Å². The largest absolute Gasteiger partial charge is 0.361 e. The molecule has 7 heteroatoms. The number of nitrogens with zero attached hydrogens (tertiary/aromatic N) is 4. The molecule has 3 heterocycles. The minimum Gasteiger partial charge on any atom is -0.361 e. The number of carbonyl (C=O) groups excluding carboxylic acids is 1. The van der Waals surface area contributed by atoms with Gasteiger partial charge in [-0.25, -0.2) is 0 Å². The summed E-state index contributed by atoms with van der Waals surface area (Å²) in [5, 5.41) is 8.09. The molecule has 0 saturated carbocycles. The Bertz CT molecular complexity index is 730. The van der Waals surface area contributed by atoms with Crippen LogP contribution in [0.1, 0.15) is 74.3 Å². The highest BCUT2D eigenvalue weighted by Crippen LogP contribution is 2.32. The Balaban J connectivity index is 1.73. The van der Waals surface area contributed by atoms with Crippen LogP contribution in [-0.2, 0) is 11.2 Å². The minimum absolute atomic E-state index is 0.0872. The summed E-state index contributed by atoms with van der Waals surface area (Å²) in [5.41, 5.74) is 1.88. The quantitative estimate of drug-likeness (QED) is 0.825. The second-order valence-electron chi connectivity index (χ2n) is 7.24. The van der Waals surface area contributed by atoms with Crippen molar-refractivity contribution in [1.82, 2.24) is 20.2 Å². The highest BCUT2D eigenvalue weighted by Gasteiger charge is 2.35. The van der Waals surface area contributed by atoms with Crippen LogP contribution >= 0.6 is 0 Å². The van der Waals surface area contributed by atoms with Crippen molar-refractivity contribution in [2.45, 2.75) is 65.8 Å². The van der Waals surface area contributed by atoms with E-state index in [1.165, 1.54) is 0 Å². The topological polar surface area (TPSA) is 85.3 Å². The van der Waals surface area contributed by atoms with Gasteiger partial charge in [0, 0.05) is 23.9 Å². The molecule has 1 aliphatic rings. The summed E-state index contributed by atoms with van der Waals surface area (Å²) < 4.78 is 10.5. The predicted octanol–water partition coefficient (Wildman–Crippen LogP) is 3.34. The number of carbonyl (C=O) groups is 1. The fourth-order valence-corrected chi connectivity index (χ4v) is 3.39. The van der Waals surface area contributed by atoms with E-state index in [4.69, 9.17) is 9.05 Å². The van der Waals surface area contributed by atoms with Gasteiger partial charge in [-0.2, -0.15) is 4.98 Å². The molecule has 2 aromatic heterocycles. The minimum atomic E-state index is -0.145. The lowest BCUT2D eigenvalue weighted by atomic mass is 9.98. The van der Waals surface area contributed by atoms with Gasteiger partial charge in [0.25, 0.3) is 0 Å². The maximum atomic E-state index is 13.0. The standard InChI is InChI=1S/C18H26N4O3/c1-10(2)17-19-16(21-25-17)15-7-6-8-22(15)18(23)11(3)9-14-12(4)20-24-13(14)5/h10-11,15H,6-9H2,1-5H3/t11-,15-/m1/s1. The molecule has 0 unspecified atom stereocenters. The third-order valence-electron chi connectivity index (χ3n) is 4.90. The Morgan fingerprint density at radius 1 is 1.24 bits per heavy atom. The first-order valence-corrected chi connectivity index (χ1v) is 8.94. The third-order valence-corrected chi connectivity index (χ3v) is 4.90. The molecule has 7 nitrogen and oxygen atoms in total. The summed E-state index contributed by atoms with van der Waals surface area (Å²) in [6, 6.07) is -0.0872. The zero-order chi connectivity index (χ0) is 18.1. The maximum Gasteiger partial charge on any atom is 0.229 e. The van der Waals surface area contributed by atoms with Crippen LogP contribution in [-0.4, -0.2) is 32.6 Å². The number of hydrogen-bond donors (Lipinski definition) is 0. The van der Waals surface area contributed by atoms with E-state index >= 15 is 0 Å². The Hall–Kier alpha value is -2.18. The summed E-state index contributed by atoms with van der Waals surface area (Å²) in [4.78, 5) is 19.4. The van der Waals surface area contributed by atoms with Gasteiger partial charge in [0.15, 0.2) is 5.82 Å². The van der Waals surface area contributed by atoms with E-state index in [-0.39, 0.29) is 23.8 Å². The summed E-state index contributed by atoms with van der Waals surface area (Å²) in [6.07, 6.45) is 2.47. The molecule has 0 bridgehead atoms. The molecule has 1 saturated heterocycles. The molecule has 2 aromatic rings. The predicted molar refractivity (Wildman–Crippen MR) is 90.9 cm³/mol. The van der Waals surface area contributed by atoms with Crippen molar-refractivity contribution in [2.75, 3.05) is 6.54 Å². The molecular weight excluding hydrogens is 320 g/mol. The van der Waals surface area contributed by atoms with Crippen LogP contribution in [0.5, 0.6) is 0 Å². The van der Waals surface area contributed by atoms with Gasteiger partial charge in [0.1, 0.15) is 5.76 Å². The SMILES string of the molecule is Cc1noc(C)c1C[C@@H](C)C(=O)N1CCC[C@@H]1c1noc(C(C)C)n1. The van der Waals surface area contributed by atoms with Gasteiger partial charge in [-0.05, 0) is 33.1 Å². The zero-order valence-corrected chi connectivity index (χ0v) is 15.6. The van der Waals surface area contributed by atoms with E-state index in [1.807, 2.05) is 39.5 Å². The van der Waals surface area contributed by atoms with E-state index in [2.05, 4.69) is 15.3 Å². The summed E-state index contributed by atoms with van der Waals surface area (Å²) >= 11 is 0. The Labute approximate surface area is 147 Å². The second kappa shape index (κ2) is 6.98. The molecule has 0 aliphatic carbocycles. The molecule has 0 spiro atoms. The van der Waals surface area contributed by atoms with Crippen molar-refractivity contribution in [2.24, 2.45) is 5.92 Å². The van der Waals surface area contributed by atoms with Gasteiger partial charge in [0.2, 0.25) is 11.8 Å². The molecule has 0 aromatic carbocycles. The molecule has 0 radical (unpaired) electrons. The number of hydrogen-bond acceptors (Lipinski definition) is 6. The highest BCUT2D eigenvalue weighted by atomic mass is 16.5. The van der Waals surface area contributed by atoms with E-state index in [1.54, 1.807) is 0 Å². The first kappa shape index (κ1) is 17.6. The van der Waals surface area contributed by atoms with Gasteiger partial charge in [0.05, 0.1) is 11.7 Å². The van der Waals surface area contributed by atoms with E-state index in [0.717, 1.165) is 36.4 Å². The number of rotatable bonds is 5. The number of aromatic nitrogens is 3. The second-order valence-corrected chi connectivity index (χ2v) is 7.24. The molecule has 2 atom stereocenters. The molecule has 136 valence electrons. The van der Waals surface area contributed by atoms with Crippen LogP contribution in [0.2, 0.25) is 0 Å². The number of aryl methyl sites for hydroxylation is 2. The normalized spacial score (nSPS) is 19.0. The van der Waals surface area contributed by atoms with E-state index in [0.29, 0.717) is 18.1 Å². The van der Waals surface area contributed by atoms with Crippen LogP contribution < -0.4 is 0 Å². The number of likely N-dealkylation sites (tertiary alicyclic amines) is 1. The van der Waals surface area contributed by atoms with Crippen molar-refractivity contribution >= 4 is 5.91 Å². The van der Waals surface area contributed by atoms with Crippen molar-refractivity contribution in [1.29, 1.82) is 0 Å². The molecule has 3 rings (SSSR count). The van der Waals surface area contributed by atoms with E-state index < -0.39 is 0 Å². The van der Waals surface area contributed by atoms with Crippen LogP contribution in [0.15, 0.2) is 9.05 Å². The van der Waals surface area contributed by atoms with Crippen LogP contribution in [0.4, 0.5) is 0 Å². The van der Waals surface area contributed by atoms with Gasteiger partial charge in [-0.15, -0.1) is 0 Å². The third kappa shape index (κ3) is 3.45. The summed E-state index contributed by atoms with van der Waals surface area (Å²) in [7, 11) is 0. The first-order valence-electron chi connectivity index (χ1n) is 8.94. The highest BCUT2D eigenvalue weighted by molar-refractivity contribution is 5.79. The fourth-order valence-electron chi connectivity index (χ4n) is 3.39. The van der Waals surface area contributed by atoms with Gasteiger partial charge in [-0.1, -0.05) is 31.1 Å². The molecule has 1 aliphatic heterocycles. The lowest BCUT2D eigenvalue weighted by Crippen LogP contribution is -2.36. The molecule has 1 fully saturated rings. The van der Waals surface area contributed by atoms with Gasteiger partial charge >= 0.3 is 0 Å². The van der Waals surface area contributed by atoms with Crippen LogP contribution in [0.25, 0.3) is 0 Å². The fraction of sp³-hybridized carbons (Fsp3) is 0.667. The monoisotopic (exact) mass is 346 g/mol. The van der Waals surface area contributed by atoms with Gasteiger partial charge in [-0.3, -0.25) is 4.79 Å². The Morgan fingerprint density at radius 2 is 2.00 bits per heavy atom. The van der Waals surface area contributed by atoms with Crippen molar-refractivity contribution in [3.8, 4) is 0 Å². The molecule has 1 amide bonds. The molecule has 25 heavy (non-hydrogen) atoms. The summed E-state index contributed by atoms with van der Waals surface area (Å²) in [6.45, 7) is 10.5. The summed E-state index contributed by atoms with van der Waals surface area (Å²) in [5.74, 6) is 2.20. The lowest BCUT2D eigenvalue weighted by molar-refractivity contribution is -0.136.